The molecular weight excluding hydrogens is 909 g/mol. The standard InChI is InChI=1S/C29H36F2N2O4.C25H30F2N2O4/c1-19(13-20-10-11-22(30)16-25(20)31)17-32(18-24-9-6-12-33(24)23-7-5-8-23)29(34)21-14-26(35-2)28(37-4)27(15-21)36-3;1-16(10-17-7-8-19(26)13-21(17)27)14-29(15-20-6-5-9-28-20)25(30)18-11-22(31-2)24(33-4)23(12-18)32-3/h10-11,13-16,23-24H,5-9,12,17-18H2,1-4H3;7-8,10-13,20,28H,5-6,9,14-15H2,1-4H3/b19-13+;16-10+/t24-;/m0./s1. The topological polar surface area (TPSA) is 111 Å². The lowest BCUT2D eigenvalue weighted by atomic mass is 9.91. The second kappa shape index (κ2) is 25.0. The summed E-state index contributed by atoms with van der Waals surface area (Å²) in [5.74, 6) is -0.500. The molecule has 1 aliphatic carbocycles. The van der Waals surface area contributed by atoms with Crippen LogP contribution in [0.4, 0.5) is 17.6 Å². The smallest absolute Gasteiger partial charge is 0.254 e. The third-order valence-corrected chi connectivity index (χ3v) is 13.0. The third-order valence-electron chi connectivity index (χ3n) is 13.0. The number of hydrogen-bond acceptors (Lipinski definition) is 10. The second-order valence-corrected chi connectivity index (χ2v) is 17.9. The molecule has 1 unspecified atom stereocenters. The normalized spacial score (nSPS) is 17.3. The van der Waals surface area contributed by atoms with Crippen molar-refractivity contribution in [2.45, 2.75) is 76.9 Å². The summed E-state index contributed by atoms with van der Waals surface area (Å²) in [4.78, 5) is 33.6. The molecule has 3 fully saturated rings. The van der Waals surface area contributed by atoms with Crippen molar-refractivity contribution in [3.05, 3.63) is 117 Å². The Morgan fingerprint density at radius 3 is 1.43 bits per heavy atom. The van der Waals surface area contributed by atoms with E-state index in [9.17, 15) is 27.2 Å². The molecule has 0 bridgehead atoms. The van der Waals surface area contributed by atoms with Crippen LogP contribution < -0.4 is 33.7 Å². The van der Waals surface area contributed by atoms with Crippen LogP contribution in [-0.4, -0.2) is 127 Å². The number of nitrogens with zero attached hydrogens (tertiary/aromatic N) is 3. The maximum Gasteiger partial charge on any atom is 0.254 e. The van der Waals surface area contributed by atoms with Crippen LogP contribution in [0.3, 0.4) is 0 Å². The molecule has 70 heavy (non-hydrogen) atoms. The summed E-state index contributed by atoms with van der Waals surface area (Å²) in [7, 11) is 9.05. The molecule has 2 heterocycles. The van der Waals surface area contributed by atoms with Gasteiger partial charge < -0.3 is 43.5 Å². The van der Waals surface area contributed by atoms with Crippen LogP contribution in [0.25, 0.3) is 12.2 Å². The summed E-state index contributed by atoms with van der Waals surface area (Å²) in [5.41, 5.74) is 2.93. The van der Waals surface area contributed by atoms with Crippen molar-refractivity contribution in [2.24, 2.45) is 0 Å². The molecule has 4 aromatic rings. The van der Waals surface area contributed by atoms with Gasteiger partial charge >= 0.3 is 0 Å². The number of methoxy groups -OCH3 is 6. The number of amides is 2. The monoisotopic (exact) mass is 974 g/mol. The first-order chi connectivity index (χ1) is 33.7. The Balaban J connectivity index is 0.000000231. The van der Waals surface area contributed by atoms with Gasteiger partial charge in [-0.3, -0.25) is 14.5 Å². The third kappa shape index (κ3) is 13.3. The van der Waals surface area contributed by atoms with E-state index < -0.39 is 23.3 Å². The van der Waals surface area contributed by atoms with Crippen LogP contribution in [0.15, 0.2) is 71.8 Å². The van der Waals surface area contributed by atoms with Gasteiger partial charge in [0.1, 0.15) is 23.3 Å². The lowest BCUT2D eigenvalue weighted by molar-refractivity contribution is 0.0630. The van der Waals surface area contributed by atoms with Crippen molar-refractivity contribution < 1.29 is 55.6 Å². The molecule has 3 aliphatic rings. The first-order valence-electron chi connectivity index (χ1n) is 23.6. The Morgan fingerprint density at radius 2 is 1.06 bits per heavy atom. The van der Waals surface area contributed by atoms with Crippen molar-refractivity contribution in [3.63, 3.8) is 0 Å². The molecule has 0 spiro atoms. The summed E-state index contributed by atoms with van der Waals surface area (Å²) in [6.45, 7) is 7.28. The maximum absolute atomic E-state index is 14.3. The number of ether oxygens (including phenoxy) is 6. The Bertz CT molecular complexity index is 2460. The molecule has 378 valence electrons. The van der Waals surface area contributed by atoms with Gasteiger partial charge in [0.05, 0.1) is 42.7 Å². The van der Waals surface area contributed by atoms with Gasteiger partial charge in [-0.1, -0.05) is 29.7 Å². The van der Waals surface area contributed by atoms with E-state index in [1.165, 1.54) is 86.2 Å². The number of benzene rings is 4. The van der Waals surface area contributed by atoms with Crippen molar-refractivity contribution in [2.75, 3.05) is 81.9 Å². The molecule has 2 atom stereocenters. The highest BCUT2D eigenvalue weighted by Gasteiger charge is 2.36. The molecule has 1 saturated carbocycles. The summed E-state index contributed by atoms with van der Waals surface area (Å²) < 4.78 is 87.6. The first-order valence-corrected chi connectivity index (χ1v) is 23.6. The van der Waals surface area contributed by atoms with E-state index in [4.69, 9.17) is 28.4 Å². The predicted molar refractivity (Wildman–Crippen MR) is 262 cm³/mol. The van der Waals surface area contributed by atoms with Gasteiger partial charge in [0.2, 0.25) is 11.5 Å². The van der Waals surface area contributed by atoms with E-state index in [0.717, 1.165) is 62.1 Å². The molecule has 0 aromatic heterocycles. The van der Waals surface area contributed by atoms with E-state index in [2.05, 4.69) is 10.2 Å². The minimum absolute atomic E-state index is 0.173. The fourth-order valence-electron chi connectivity index (χ4n) is 9.36. The minimum atomic E-state index is -0.644. The van der Waals surface area contributed by atoms with Gasteiger partial charge in [0.25, 0.3) is 11.8 Å². The van der Waals surface area contributed by atoms with Crippen LogP contribution in [0.5, 0.6) is 34.5 Å². The summed E-state index contributed by atoms with van der Waals surface area (Å²) in [5, 5.41) is 3.41. The van der Waals surface area contributed by atoms with E-state index in [-0.39, 0.29) is 41.6 Å². The van der Waals surface area contributed by atoms with Gasteiger partial charge in [-0.05, 0) is 114 Å². The fourth-order valence-corrected chi connectivity index (χ4v) is 9.36. The van der Waals surface area contributed by atoms with Crippen molar-refractivity contribution in [1.82, 2.24) is 20.0 Å². The fraction of sp³-hybridized carbons (Fsp3) is 0.444. The van der Waals surface area contributed by atoms with E-state index in [0.29, 0.717) is 71.3 Å². The lowest BCUT2D eigenvalue weighted by Crippen LogP contribution is -2.49. The van der Waals surface area contributed by atoms with Crippen LogP contribution in [0.2, 0.25) is 0 Å². The highest BCUT2D eigenvalue weighted by atomic mass is 19.1. The van der Waals surface area contributed by atoms with Crippen molar-refractivity contribution >= 4 is 24.0 Å². The average molecular weight is 975 g/mol. The number of hydrogen-bond donors (Lipinski definition) is 1. The summed E-state index contributed by atoms with van der Waals surface area (Å²) in [6.07, 6.45) is 11.1. The van der Waals surface area contributed by atoms with Crippen LogP contribution in [0, 0.1) is 23.3 Å². The molecule has 2 saturated heterocycles. The molecule has 0 radical (unpaired) electrons. The first kappa shape index (κ1) is 53.1. The number of carbonyl (C=O) groups excluding carboxylic acids is 2. The van der Waals surface area contributed by atoms with Crippen LogP contribution in [-0.2, 0) is 0 Å². The van der Waals surface area contributed by atoms with Gasteiger partial charge in [-0.15, -0.1) is 0 Å². The minimum Gasteiger partial charge on any atom is -0.493 e. The number of nitrogens with one attached hydrogen (secondary N) is 1. The van der Waals surface area contributed by atoms with E-state index in [1.807, 2.05) is 18.7 Å². The molecule has 4 aromatic carbocycles. The van der Waals surface area contributed by atoms with Gasteiger partial charge in [0, 0.05) is 78.7 Å². The molecule has 1 N–H and O–H groups in total. The average Bonchev–Trinajstić information content (AvgIpc) is 4.03. The quantitative estimate of drug-likeness (QED) is 0.0913. The zero-order valence-corrected chi connectivity index (χ0v) is 41.5. The molecule has 16 heteroatoms. The SMILES string of the molecule is COc1cc(C(=O)N(C/C(C)=C/c2ccc(F)cc2F)CC2CCCN2)cc(OC)c1OC.COc1cc(C(=O)N(C/C(C)=C/c2ccc(F)cc2F)C[C@@H]2CCCN2C2CCC2)cc(OC)c1OC. The van der Waals surface area contributed by atoms with E-state index >= 15 is 0 Å². The largest absolute Gasteiger partial charge is 0.493 e. The highest BCUT2D eigenvalue weighted by Crippen LogP contribution is 2.40. The molecule has 2 aliphatic heterocycles. The lowest BCUT2D eigenvalue weighted by Gasteiger charge is -2.40. The Morgan fingerprint density at radius 1 is 0.600 bits per heavy atom. The second-order valence-electron chi connectivity index (χ2n) is 17.9. The van der Waals surface area contributed by atoms with Gasteiger partial charge in [-0.25, -0.2) is 17.6 Å². The number of halogens is 4. The number of rotatable bonds is 19. The molecular formula is C54H66F4N4O8. The Kier molecular flexibility index (Phi) is 19.0. The summed E-state index contributed by atoms with van der Waals surface area (Å²) in [6, 6.07) is 14.6. The zero-order chi connectivity index (χ0) is 50.5. The zero-order valence-electron chi connectivity index (χ0n) is 41.5. The molecule has 12 nitrogen and oxygen atoms in total. The maximum atomic E-state index is 14.3. The van der Waals surface area contributed by atoms with Gasteiger partial charge in [0.15, 0.2) is 23.0 Å². The predicted octanol–water partition coefficient (Wildman–Crippen LogP) is 9.84. The van der Waals surface area contributed by atoms with Crippen molar-refractivity contribution in [3.8, 4) is 34.5 Å². The number of likely N-dealkylation sites (tertiary alicyclic amines) is 1. The highest BCUT2D eigenvalue weighted by molar-refractivity contribution is 5.96. The number of carbonyl (C=O) groups is 2. The molecule has 7 rings (SSSR count). The Hall–Kier alpha value is -6.26. The Labute approximate surface area is 409 Å². The van der Waals surface area contributed by atoms with Crippen LogP contribution >= 0.6 is 0 Å². The van der Waals surface area contributed by atoms with Gasteiger partial charge in [-0.2, -0.15) is 0 Å². The van der Waals surface area contributed by atoms with Crippen LogP contribution in [0.1, 0.15) is 90.6 Å². The van der Waals surface area contributed by atoms with Crippen molar-refractivity contribution in [1.29, 1.82) is 0 Å². The summed E-state index contributed by atoms with van der Waals surface area (Å²) >= 11 is 0. The molecule has 2 amide bonds. The van der Waals surface area contributed by atoms with E-state index in [1.54, 1.807) is 41.3 Å².